The van der Waals surface area contributed by atoms with Crippen LogP contribution in [0.2, 0.25) is 0 Å². The van der Waals surface area contributed by atoms with Crippen LogP contribution in [0.15, 0.2) is 48.8 Å². The molecule has 1 N–H and O–H groups in total. The molecule has 1 aliphatic rings. The summed E-state index contributed by atoms with van der Waals surface area (Å²) < 4.78 is 15.5. The predicted molar refractivity (Wildman–Crippen MR) is 87.3 cm³/mol. The van der Waals surface area contributed by atoms with E-state index >= 15 is 0 Å². The molecule has 1 atom stereocenters. The van der Waals surface area contributed by atoms with Gasteiger partial charge in [0, 0.05) is 31.5 Å². The molecule has 6 nitrogen and oxygen atoms in total. The topological polar surface area (TPSA) is 62.5 Å². The SMILES string of the molecule is O=C(c1ccccc1F)N1CCC(Nc2ccc3nccn3n2)C1. The van der Waals surface area contributed by atoms with Crippen LogP contribution in [0.25, 0.3) is 5.65 Å². The highest BCUT2D eigenvalue weighted by Crippen LogP contribution is 2.18. The van der Waals surface area contributed by atoms with Crippen LogP contribution in [-0.2, 0) is 0 Å². The van der Waals surface area contributed by atoms with Crippen LogP contribution in [0.4, 0.5) is 10.2 Å². The molecule has 1 aliphatic heterocycles. The number of carbonyl (C=O) groups is 1. The summed E-state index contributed by atoms with van der Waals surface area (Å²) in [5, 5.41) is 7.75. The van der Waals surface area contributed by atoms with Gasteiger partial charge in [-0.05, 0) is 30.7 Å². The summed E-state index contributed by atoms with van der Waals surface area (Å²) in [6, 6.07) is 9.92. The van der Waals surface area contributed by atoms with Gasteiger partial charge < -0.3 is 10.2 Å². The van der Waals surface area contributed by atoms with Gasteiger partial charge in [-0.1, -0.05) is 12.1 Å². The Bertz CT molecular complexity index is 893. The van der Waals surface area contributed by atoms with Crippen molar-refractivity contribution in [3.05, 3.63) is 60.2 Å². The van der Waals surface area contributed by atoms with Gasteiger partial charge in [-0.15, -0.1) is 5.10 Å². The number of hydrogen-bond donors (Lipinski definition) is 1. The van der Waals surface area contributed by atoms with E-state index in [0.29, 0.717) is 13.1 Å². The summed E-state index contributed by atoms with van der Waals surface area (Å²) in [5.74, 6) is -0.0211. The Morgan fingerprint density at radius 1 is 1.25 bits per heavy atom. The second kappa shape index (κ2) is 5.92. The van der Waals surface area contributed by atoms with E-state index in [-0.39, 0.29) is 17.5 Å². The third-order valence-electron chi connectivity index (χ3n) is 4.19. The number of halogens is 1. The summed E-state index contributed by atoms with van der Waals surface area (Å²) in [6.45, 7) is 1.12. The van der Waals surface area contributed by atoms with E-state index in [9.17, 15) is 9.18 Å². The molecule has 3 heterocycles. The first-order valence-electron chi connectivity index (χ1n) is 7.81. The molecule has 1 amide bonds. The second-order valence-electron chi connectivity index (χ2n) is 5.81. The number of rotatable bonds is 3. The number of hydrogen-bond acceptors (Lipinski definition) is 4. The quantitative estimate of drug-likeness (QED) is 0.802. The zero-order chi connectivity index (χ0) is 16.5. The van der Waals surface area contributed by atoms with E-state index in [4.69, 9.17) is 0 Å². The largest absolute Gasteiger partial charge is 0.364 e. The van der Waals surface area contributed by atoms with Gasteiger partial charge in [-0.3, -0.25) is 4.79 Å². The van der Waals surface area contributed by atoms with Gasteiger partial charge in [0.1, 0.15) is 11.6 Å². The number of imidazole rings is 1. The molecule has 7 heteroatoms. The minimum atomic E-state index is -0.480. The van der Waals surface area contributed by atoms with Crippen molar-refractivity contribution < 1.29 is 9.18 Å². The lowest BCUT2D eigenvalue weighted by molar-refractivity contribution is 0.0787. The van der Waals surface area contributed by atoms with E-state index in [2.05, 4.69) is 15.4 Å². The smallest absolute Gasteiger partial charge is 0.256 e. The maximum atomic E-state index is 13.8. The number of amides is 1. The Balaban J connectivity index is 1.44. The molecule has 2 aromatic heterocycles. The number of likely N-dealkylation sites (tertiary alicyclic amines) is 1. The standard InChI is InChI=1S/C17H16FN5O/c18-14-4-2-1-3-13(14)17(24)22-9-7-12(11-22)20-15-5-6-16-19-8-10-23(16)21-15/h1-6,8,10,12H,7,9,11H2,(H,20,21). The molecular weight excluding hydrogens is 309 g/mol. The number of nitrogens with one attached hydrogen (secondary N) is 1. The van der Waals surface area contributed by atoms with Crippen LogP contribution in [-0.4, -0.2) is 44.5 Å². The third-order valence-corrected chi connectivity index (χ3v) is 4.19. The average Bonchev–Trinajstić information content (AvgIpc) is 3.23. The number of benzene rings is 1. The highest BCUT2D eigenvalue weighted by atomic mass is 19.1. The van der Waals surface area contributed by atoms with Crippen molar-refractivity contribution in [2.75, 3.05) is 18.4 Å². The molecule has 24 heavy (non-hydrogen) atoms. The summed E-state index contributed by atoms with van der Waals surface area (Å²) in [5.41, 5.74) is 0.902. The molecule has 0 spiro atoms. The molecule has 0 saturated carbocycles. The first kappa shape index (κ1) is 14.6. The number of carbonyl (C=O) groups excluding carboxylic acids is 1. The van der Waals surface area contributed by atoms with Gasteiger partial charge >= 0.3 is 0 Å². The van der Waals surface area contributed by atoms with Crippen LogP contribution in [0.3, 0.4) is 0 Å². The molecule has 0 bridgehead atoms. The molecule has 122 valence electrons. The Kier molecular flexibility index (Phi) is 3.60. The second-order valence-corrected chi connectivity index (χ2v) is 5.81. The van der Waals surface area contributed by atoms with Crippen molar-refractivity contribution >= 4 is 17.4 Å². The first-order valence-corrected chi connectivity index (χ1v) is 7.81. The van der Waals surface area contributed by atoms with Crippen molar-refractivity contribution in [1.82, 2.24) is 19.5 Å². The highest BCUT2D eigenvalue weighted by molar-refractivity contribution is 5.94. The van der Waals surface area contributed by atoms with Gasteiger partial charge in [0.25, 0.3) is 5.91 Å². The summed E-state index contributed by atoms with van der Waals surface area (Å²) >= 11 is 0. The molecule has 1 unspecified atom stereocenters. The van der Waals surface area contributed by atoms with E-state index < -0.39 is 5.82 Å². The van der Waals surface area contributed by atoms with Gasteiger partial charge in [-0.2, -0.15) is 0 Å². The highest BCUT2D eigenvalue weighted by Gasteiger charge is 2.28. The number of anilines is 1. The van der Waals surface area contributed by atoms with Crippen LogP contribution in [0.5, 0.6) is 0 Å². The fraction of sp³-hybridized carbons (Fsp3) is 0.235. The van der Waals surface area contributed by atoms with E-state index in [1.807, 2.05) is 12.1 Å². The Morgan fingerprint density at radius 3 is 3.00 bits per heavy atom. The van der Waals surface area contributed by atoms with Gasteiger partial charge in [-0.25, -0.2) is 13.9 Å². The van der Waals surface area contributed by atoms with E-state index in [0.717, 1.165) is 17.9 Å². The van der Waals surface area contributed by atoms with Crippen LogP contribution >= 0.6 is 0 Å². The Labute approximate surface area is 137 Å². The minimum absolute atomic E-state index is 0.0918. The molecule has 1 fully saturated rings. The maximum absolute atomic E-state index is 13.8. The van der Waals surface area contributed by atoms with Crippen molar-refractivity contribution in [3.63, 3.8) is 0 Å². The van der Waals surface area contributed by atoms with Gasteiger partial charge in [0.15, 0.2) is 5.65 Å². The van der Waals surface area contributed by atoms with E-state index in [1.165, 1.54) is 12.1 Å². The lowest BCUT2D eigenvalue weighted by Crippen LogP contribution is -2.32. The monoisotopic (exact) mass is 325 g/mol. The van der Waals surface area contributed by atoms with Crippen LogP contribution in [0, 0.1) is 5.82 Å². The molecule has 1 aromatic carbocycles. The summed E-state index contributed by atoms with van der Waals surface area (Å²) in [6.07, 6.45) is 4.27. The number of nitrogens with zero attached hydrogens (tertiary/aromatic N) is 4. The minimum Gasteiger partial charge on any atom is -0.364 e. The van der Waals surface area contributed by atoms with Gasteiger partial charge in [0.2, 0.25) is 0 Å². The Hall–Kier alpha value is -2.96. The molecular formula is C17H16FN5O. The van der Waals surface area contributed by atoms with Crippen molar-refractivity contribution in [2.45, 2.75) is 12.5 Å². The molecule has 3 aromatic rings. The molecule has 0 aliphatic carbocycles. The predicted octanol–water partition coefficient (Wildman–Crippen LogP) is 2.20. The van der Waals surface area contributed by atoms with Crippen molar-refractivity contribution in [3.8, 4) is 0 Å². The fourth-order valence-electron chi connectivity index (χ4n) is 2.97. The molecule has 1 saturated heterocycles. The zero-order valence-electron chi connectivity index (χ0n) is 12.9. The molecule has 4 rings (SSSR count). The van der Waals surface area contributed by atoms with Crippen LogP contribution < -0.4 is 5.32 Å². The fourth-order valence-corrected chi connectivity index (χ4v) is 2.97. The van der Waals surface area contributed by atoms with Crippen LogP contribution in [0.1, 0.15) is 16.8 Å². The average molecular weight is 325 g/mol. The number of fused-ring (bicyclic) bond motifs is 1. The van der Waals surface area contributed by atoms with Crippen molar-refractivity contribution in [1.29, 1.82) is 0 Å². The first-order chi connectivity index (χ1) is 11.7. The lowest BCUT2D eigenvalue weighted by Gasteiger charge is -2.17. The third kappa shape index (κ3) is 2.68. The van der Waals surface area contributed by atoms with Gasteiger partial charge in [0.05, 0.1) is 5.56 Å². The normalized spacial score (nSPS) is 17.4. The Morgan fingerprint density at radius 2 is 2.12 bits per heavy atom. The zero-order valence-corrected chi connectivity index (χ0v) is 12.9. The summed E-state index contributed by atoms with van der Waals surface area (Å²) in [7, 11) is 0. The van der Waals surface area contributed by atoms with Crippen molar-refractivity contribution in [2.24, 2.45) is 0 Å². The maximum Gasteiger partial charge on any atom is 0.256 e. The summed E-state index contributed by atoms with van der Waals surface area (Å²) in [4.78, 5) is 18.3. The van der Waals surface area contributed by atoms with E-state index in [1.54, 1.807) is 33.9 Å². The molecule has 0 radical (unpaired) electrons. The lowest BCUT2D eigenvalue weighted by atomic mass is 10.2. The number of aromatic nitrogens is 3.